The zero-order valence-electron chi connectivity index (χ0n) is 14.2. The Labute approximate surface area is 154 Å². The molecular weight excluding hydrogens is 342 g/mol. The van der Waals surface area contributed by atoms with Crippen LogP contribution in [0.1, 0.15) is 15.9 Å². The molecule has 6 heteroatoms. The fourth-order valence-corrected chi connectivity index (χ4v) is 3.26. The number of carbonyl (C=O) groups is 1. The van der Waals surface area contributed by atoms with Crippen LogP contribution in [-0.2, 0) is 0 Å². The second-order valence-electron chi connectivity index (χ2n) is 6.22. The molecule has 132 valence electrons. The van der Waals surface area contributed by atoms with Gasteiger partial charge in [-0.3, -0.25) is 4.79 Å². The van der Waals surface area contributed by atoms with Crippen molar-refractivity contribution in [3.8, 4) is 11.5 Å². The summed E-state index contributed by atoms with van der Waals surface area (Å²) >= 11 is 0. The number of hydrazone groups is 1. The summed E-state index contributed by atoms with van der Waals surface area (Å²) in [5.74, 6) is 0.894. The highest BCUT2D eigenvalue weighted by molar-refractivity contribution is 6.11. The Morgan fingerprint density at radius 1 is 1.04 bits per heavy atom. The lowest BCUT2D eigenvalue weighted by Crippen LogP contribution is -2.17. The van der Waals surface area contributed by atoms with E-state index < -0.39 is 0 Å². The van der Waals surface area contributed by atoms with Crippen LogP contribution in [0.5, 0.6) is 11.5 Å². The summed E-state index contributed by atoms with van der Waals surface area (Å²) in [7, 11) is 0. The van der Waals surface area contributed by atoms with E-state index >= 15 is 0 Å². The quantitative estimate of drug-likeness (QED) is 0.432. The zero-order valence-corrected chi connectivity index (χ0v) is 14.2. The molecule has 0 saturated carbocycles. The van der Waals surface area contributed by atoms with Crippen molar-refractivity contribution < 1.29 is 14.3 Å². The van der Waals surface area contributed by atoms with E-state index in [0.29, 0.717) is 17.1 Å². The molecule has 2 N–H and O–H groups in total. The average molecular weight is 357 g/mol. The van der Waals surface area contributed by atoms with E-state index in [0.717, 1.165) is 21.9 Å². The number of ether oxygens (including phenoxy) is 2. The number of rotatable bonds is 3. The van der Waals surface area contributed by atoms with Gasteiger partial charge < -0.3 is 14.5 Å². The van der Waals surface area contributed by atoms with Crippen molar-refractivity contribution in [2.75, 3.05) is 6.79 Å². The molecule has 2 heterocycles. The number of amides is 1. The number of fused-ring (bicyclic) bond motifs is 4. The van der Waals surface area contributed by atoms with Gasteiger partial charge in [-0.2, -0.15) is 5.10 Å². The topological polar surface area (TPSA) is 75.7 Å². The summed E-state index contributed by atoms with van der Waals surface area (Å²) in [6.07, 6.45) is 3.52. The molecule has 1 aliphatic heterocycles. The predicted molar refractivity (Wildman–Crippen MR) is 103 cm³/mol. The van der Waals surface area contributed by atoms with Crippen LogP contribution in [0.2, 0.25) is 0 Å². The third-order valence-electron chi connectivity index (χ3n) is 4.62. The van der Waals surface area contributed by atoms with Gasteiger partial charge in [-0.25, -0.2) is 5.43 Å². The average Bonchev–Trinajstić information content (AvgIpc) is 3.34. The molecule has 1 amide bonds. The molecule has 0 unspecified atom stereocenters. The Balaban J connectivity index is 1.38. The number of aromatic amines is 1. The van der Waals surface area contributed by atoms with Crippen LogP contribution >= 0.6 is 0 Å². The van der Waals surface area contributed by atoms with Gasteiger partial charge in [0.25, 0.3) is 5.91 Å². The molecule has 4 aromatic rings. The Morgan fingerprint density at radius 2 is 1.93 bits per heavy atom. The number of H-pyrrole nitrogens is 1. The molecule has 0 aliphatic carbocycles. The minimum absolute atomic E-state index is 0.174. The summed E-state index contributed by atoms with van der Waals surface area (Å²) < 4.78 is 10.5. The van der Waals surface area contributed by atoms with Gasteiger partial charge >= 0.3 is 0 Å². The summed E-state index contributed by atoms with van der Waals surface area (Å²) in [5.41, 5.74) is 4.97. The maximum atomic E-state index is 12.3. The molecule has 5 rings (SSSR count). The molecule has 27 heavy (non-hydrogen) atoms. The smallest absolute Gasteiger partial charge is 0.271 e. The van der Waals surface area contributed by atoms with Gasteiger partial charge in [0.1, 0.15) is 0 Å². The van der Waals surface area contributed by atoms with Crippen molar-refractivity contribution >= 4 is 33.8 Å². The van der Waals surface area contributed by atoms with Crippen molar-refractivity contribution in [2.24, 2.45) is 5.10 Å². The number of nitrogens with zero attached hydrogens (tertiary/aromatic N) is 1. The highest BCUT2D eigenvalue weighted by Gasteiger charge is 2.15. The van der Waals surface area contributed by atoms with Crippen LogP contribution in [0.4, 0.5) is 0 Å². The number of hydrogen-bond acceptors (Lipinski definition) is 4. The molecule has 0 fully saturated rings. The molecular formula is C21H15N3O3. The first kappa shape index (κ1) is 15.5. The largest absolute Gasteiger partial charge is 0.454 e. The van der Waals surface area contributed by atoms with Crippen LogP contribution in [-0.4, -0.2) is 23.9 Å². The maximum absolute atomic E-state index is 12.3. The third kappa shape index (κ3) is 2.67. The monoisotopic (exact) mass is 357 g/mol. The zero-order chi connectivity index (χ0) is 18.2. The van der Waals surface area contributed by atoms with Crippen molar-refractivity contribution in [3.05, 3.63) is 71.9 Å². The van der Waals surface area contributed by atoms with E-state index in [1.54, 1.807) is 24.4 Å². The Bertz CT molecular complexity index is 1210. The van der Waals surface area contributed by atoms with E-state index in [1.165, 1.54) is 5.39 Å². The number of hydrogen-bond donors (Lipinski definition) is 2. The molecule has 0 bridgehead atoms. The molecule has 0 atom stereocenters. The fourth-order valence-electron chi connectivity index (χ4n) is 3.26. The van der Waals surface area contributed by atoms with Crippen LogP contribution in [0, 0.1) is 0 Å². The summed E-state index contributed by atoms with van der Waals surface area (Å²) in [5, 5.41) is 7.47. The summed E-state index contributed by atoms with van der Waals surface area (Å²) in [6.45, 7) is 0.174. The lowest BCUT2D eigenvalue weighted by atomic mass is 10.1. The van der Waals surface area contributed by atoms with Gasteiger partial charge in [0.2, 0.25) is 6.79 Å². The molecule has 0 radical (unpaired) electrons. The van der Waals surface area contributed by atoms with E-state index in [9.17, 15) is 4.79 Å². The molecule has 1 aromatic heterocycles. The number of nitrogens with one attached hydrogen (secondary N) is 2. The lowest BCUT2D eigenvalue weighted by Gasteiger charge is -2.01. The number of carbonyl (C=O) groups excluding carboxylic acids is 1. The van der Waals surface area contributed by atoms with E-state index in [1.807, 2.05) is 18.3 Å². The van der Waals surface area contributed by atoms with Crippen molar-refractivity contribution in [1.29, 1.82) is 0 Å². The molecule has 0 spiro atoms. The first-order chi connectivity index (χ1) is 13.3. The third-order valence-corrected chi connectivity index (χ3v) is 4.62. The standard InChI is InChI=1S/C21H15N3O3/c25-21(14-6-8-18-19(9-14)27-12-26-18)24-23-11-15-10-22-20-16-4-2-1-3-13(16)5-7-17(15)20/h1-11,22H,12H2,(H,24,25)/b23-11+. The van der Waals surface area contributed by atoms with Crippen LogP contribution < -0.4 is 14.9 Å². The minimum Gasteiger partial charge on any atom is -0.454 e. The van der Waals surface area contributed by atoms with Gasteiger partial charge in [-0.1, -0.05) is 36.4 Å². The van der Waals surface area contributed by atoms with Crippen molar-refractivity contribution in [3.63, 3.8) is 0 Å². The Hall–Kier alpha value is -3.80. The van der Waals surface area contributed by atoms with Crippen molar-refractivity contribution in [1.82, 2.24) is 10.4 Å². The van der Waals surface area contributed by atoms with E-state index in [2.05, 4.69) is 39.8 Å². The van der Waals surface area contributed by atoms with Gasteiger partial charge in [-0.05, 0) is 23.6 Å². The highest BCUT2D eigenvalue weighted by atomic mass is 16.7. The number of benzene rings is 3. The van der Waals surface area contributed by atoms with E-state index in [4.69, 9.17) is 9.47 Å². The Morgan fingerprint density at radius 3 is 2.89 bits per heavy atom. The van der Waals surface area contributed by atoms with Gasteiger partial charge in [0, 0.05) is 28.1 Å². The summed E-state index contributed by atoms with van der Waals surface area (Å²) in [6, 6.07) is 17.4. The minimum atomic E-state index is -0.310. The second-order valence-corrected chi connectivity index (χ2v) is 6.22. The fraction of sp³-hybridized carbons (Fsp3) is 0.0476. The van der Waals surface area contributed by atoms with Crippen molar-refractivity contribution in [2.45, 2.75) is 0 Å². The first-order valence-corrected chi connectivity index (χ1v) is 8.51. The van der Waals surface area contributed by atoms with Gasteiger partial charge in [0.15, 0.2) is 11.5 Å². The van der Waals surface area contributed by atoms with Crippen LogP contribution in [0.3, 0.4) is 0 Å². The van der Waals surface area contributed by atoms with Gasteiger partial charge in [0.05, 0.1) is 11.7 Å². The molecule has 3 aromatic carbocycles. The second kappa shape index (κ2) is 6.17. The highest BCUT2D eigenvalue weighted by Crippen LogP contribution is 2.32. The maximum Gasteiger partial charge on any atom is 0.271 e. The molecule has 0 saturated heterocycles. The SMILES string of the molecule is O=C(N/N=C/c1c[nH]c2c1ccc1ccccc12)c1ccc2c(c1)OCO2. The molecule has 1 aliphatic rings. The van der Waals surface area contributed by atoms with Crippen LogP contribution in [0.25, 0.3) is 21.7 Å². The Kier molecular flexibility index (Phi) is 3.53. The van der Waals surface area contributed by atoms with Crippen LogP contribution in [0.15, 0.2) is 65.9 Å². The predicted octanol–water partition coefficient (Wildman–Crippen LogP) is 3.81. The summed E-state index contributed by atoms with van der Waals surface area (Å²) in [4.78, 5) is 15.6. The van der Waals surface area contributed by atoms with Gasteiger partial charge in [-0.15, -0.1) is 0 Å². The number of aromatic nitrogens is 1. The molecule has 6 nitrogen and oxygen atoms in total. The lowest BCUT2D eigenvalue weighted by molar-refractivity contribution is 0.0954. The normalized spacial score (nSPS) is 12.9. The first-order valence-electron chi connectivity index (χ1n) is 8.51. The van der Waals surface area contributed by atoms with E-state index in [-0.39, 0.29) is 12.7 Å².